The molecule has 1 N–H and O–H groups in total. The van der Waals surface area contributed by atoms with Crippen LogP contribution in [0.3, 0.4) is 0 Å². The molecule has 21 heavy (non-hydrogen) atoms. The number of aryl methyl sites for hydroxylation is 1. The molecule has 0 spiro atoms. The fourth-order valence-electron chi connectivity index (χ4n) is 2.65. The summed E-state index contributed by atoms with van der Waals surface area (Å²) < 4.78 is 10.9. The number of rotatable bonds is 6. The van der Waals surface area contributed by atoms with E-state index in [1.807, 2.05) is 12.1 Å². The number of nitrogens with one attached hydrogen (secondary N) is 1. The van der Waals surface area contributed by atoms with Crippen LogP contribution in [0.1, 0.15) is 31.5 Å². The van der Waals surface area contributed by atoms with Crippen molar-refractivity contribution in [1.82, 2.24) is 4.98 Å². The van der Waals surface area contributed by atoms with Gasteiger partial charge in [0.15, 0.2) is 0 Å². The van der Waals surface area contributed by atoms with Crippen LogP contribution in [-0.2, 0) is 6.42 Å². The standard InChI is InChI=1S/C17H24N2O2/c1-6-8-18-17-13(7-2)11(3)19-14-9-12(20-4)10-15(21-5)16(14)17/h9-10H,6-8H2,1-5H3,(H,18,19). The topological polar surface area (TPSA) is 43.4 Å². The molecule has 1 aromatic carbocycles. The molecule has 0 radical (unpaired) electrons. The summed E-state index contributed by atoms with van der Waals surface area (Å²) >= 11 is 0. The SMILES string of the molecule is CCCNc1c(CC)c(C)nc2cc(OC)cc(OC)c12. The van der Waals surface area contributed by atoms with Gasteiger partial charge in [-0.2, -0.15) is 0 Å². The van der Waals surface area contributed by atoms with Gasteiger partial charge in [-0.1, -0.05) is 13.8 Å². The molecule has 2 rings (SSSR count). The Kier molecular flexibility index (Phi) is 4.89. The molecule has 0 aliphatic heterocycles. The molecule has 1 aromatic heterocycles. The van der Waals surface area contributed by atoms with Crippen molar-refractivity contribution in [2.24, 2.45) is 0 Å². The fraction of sp³-hybridized carbons (Fsp3) is 0.471. The molecular weight excluding hydrogens is 264 g/mol. The summed E-state index contributed by atoms with van der Waals surface area (Å²) in [5.41, 5.74) is 4.35. The summed E-state index contributed by atoms with van der Waals surface area (Å²) in [5.74, 6) is 1.56. The lowest BCUT2D eigenvalue weighted by Gasteiger charge is -2.18. The van der Waals surface area contributed by atoms with Crippen molar-refractivity contribution in [3.8, 4) is 11.5 Å². The van der Waals surface area contributed by atoms with Crippen molar-refractivity contribution >= 4 is 16.6 Å². The molecule has 0 atom stereocenters. The lowest BCUT2D eigenvalue weighted by atomic mass is 10.0. The first-order chi connectivity index (χ1) is 10.2. The molecule has 4 heteroatoms. The van der Waals surface area contributed by atoms with E-state index in [0.29, 0.717) is 0 Å². The van der Waals surface area contributed by atoms with Crippen molar-refractivity contribution in [2.75, 3.05) is 26.1 Å². The molecule has 0 unspecified atom stereocenters. The lowest BCUT2D eigenvalue weighted by Crippen LogP contribution is -2.07. The summed E-state index contributed by atoms with van der Waals surface area (Å²) in [6, 6.07) is 3.87. The summed E-state index contributed by atoms with van der Waals surface area (Å²) in [4.78, 5) is 4.73. The zero-order valence-electron chi connectivity index (χ0n) is 13.5. The summed E-state index contributed by atoms with van der Waals surface area (Å²) in [6.07, 6.45) is 2.01. The van der Waals surface area contributed by atoms with Gasteiger partial charge in [-0.3, -0.25) is 4.98 Å². The van der Waals surface area contributed by atoms with Gasteiger partial charge in [-0.25, -0.2) is 0 Å². The first-order valence-corrected chi connectivity index (χ1v) is 7.45. The van der Waals surface area contributed by atoms with Crippen LogP contribution in [0.15, 0.2) is 12.1 Å². The number of hydrogen-bond donors (Lipinski definition) is 1. The van der Waals surface area contributed by atoms with Gasteiger partial charge in [0.25, 0.3) is 0 Å². The third kappa shape index (κ3) is 2.89. The van der Waals surface area contributed by atoms with Crippen LogP contribution in [0.5, 0.6) is 11.5 Å². The van der Waals surface area contributed by atoms with Crippen LogP contribution < -0.4 is 14.8 Å². The van der Waals surface area contributed by atoms with Crippen molar-refractivity contribution in [3.63, 3.8) is 0 Å². The summed E-state index contributed by atoms with van der Waals surface area (Å²) in [7, 11) is 3.34. The van der Waals surface area contributed by atoms with E-state index in [2.05, 4.69) is 26.1 Å². The van der Waals surface area contributed by atoms with E-state index in [-0.39, 0.29) is 0 Å². The zero-order chi connectivity index (χ0) is 15.4. The molecule has 0 fully saturated rings. The highest BCUT2D eigenvalue weighted by atomic mass is 16.5. The van der Waals surface area contributed by atoms with E-state index in [1.165, 1.54) is 5.56 Å². The smallest absolute Gasteiger partial charge is 0.134 e. The first kappa shape index (κ1) is 15.4. The van der Waals surface area contributed by atoms with Crippen molar-refractivity contribution in [2.45, 2.75) is 33.6 Å². The largest absolute Gasteiger partial charge is 0.497 e. The molecule has 0 amide bonds. The monoisotopic (exact) mass is 288 g/mol. The number of anilines is 1. The van der Waals surface area contributed by atoms with Gasteiger partial charge in [0, 0.05) is 24.4 Å². The van der Waals surface area contributed by atoms with E-state index in [4.69, 9.17) is 14.5 Å². The maximum Gasteiger partial charge on any atom is 0.134 e. The Hall–Kier alpha value is -1.97. The number of benzene rings is 1. The minimum atomic E-state index is 0.761. The number of fused-ring (bicyclic) bond motifs is 1. The highest BCUT2D eigenvalue weighted by molar-refractivity contribution is 5.99. The maximum atomic E-state index is 5.57. The molecule has 2 aromatic rings. The van der Waals surface area contributed by atoms with E-state index in [9.17, 15) is 0 Å². The summed E-state index contributed by atoms with van der Waals surface area (Å²) in [6.45, 7) is 7.31. The Balaban J connectivity index is 2.79. The van der Waals surface area contributed by atoms with E-state index in [0.717, 1.165) is 53.2 Å². The Morgan fingerprint density at radius 2 is 1.90 bits per heavy atom. The molecule has 0 saturated heterocycles. The van der Waals surface area contributed by atoms with Gasteiger partial charge in [0.05, 0.1) is 30.8 Å². The Morgan fingerprint density at radius 3 is 2.48 bits per heavy atom. The van der Waals surface area contributed by atoms with Gasteiger partial charge in [-0.05, 0) is 25.3 Å². The quantitative estimate of drug-likeness (QED) is 0.874. The lowest BCUT2D eigenvalue weighted by molar-refractivity contribution is 0.398. The molecule has 0 aliphatic rings. The third-order valence-corrected chi connectivity index (χ3v) is 3.69. The predicted octanol–water partition coefficient (Wildman–Crippen LogP) is 3.94. The van der Waals surface area contributed by atoms with Crippen LogP contribution >= 0.6 is 0 Å². The second kappa shape index (κ2) is 6.66. The Morgan fingerprint density at radius 1 is 1.14 bits per heavy atom. The molecule has 0 saturated carbocycles. The van der Waals surface area contributed by atoms with E-state index in [1.54, 1.807) is 14.2 Å². The van der Waals surface area contributed by atoms with Gasteiger partial charge in [0.1, 0.15) is 11.5 Å². The second-order valence-electron chi connectivity index (χ2n) is 5.05. The van der Waals surface area contributed by atoms with Crippen molar-refractivity contribution in [1.29, 1.82) is 0 Å². The number of aromatic nitrogens is 1. The zero-order valence-corrected chi connectivity index (χ0v) is 13.5. The van der Waals surface area contributed by atoms with Crippen LogP contribution in [-0.4, -0.2) is 25.7 Å². The fourth-order valence-corrected chi connectivity index (χ4v) is 2.65. The Bertz CT molecular complexity index is 638. The molecule has 114 valence electrons. The van der Waals surface area contributed by atoms with Crippen molar-refractivity contribution in [3.05, 3.63) is 23.4 Å². The molecular formula is C17H24N2O2. The minimum Gasteiger partial charge on any atom is -0.497 e. The highest BCUT2D eigenvalue weighted by Crippen LogP contribution is 2.38. The van der Waals surface area contributed by atoms with E-state index < -0.39 is 0 Å². The molecule has 0 bridgehead atoms. The maximum absolute atomic E-state index is 5.57. The second-order valence-corrected chi connectivity index (χ2v) is 5.05. The number of nitrogens with zero attached hydrogens (tertiary/aromatic N) is 1. The van der Waals surface area contributed by atoms with Crippen LogP contribution in [0, 0.1) is 6.92 Å². The minimum absolute atomic E-state index is 0.761. The first-order valence-electron chi connectivity index (χ1n) is 7.45. The van der Waals surface area contributed by atoms with Gasteiger partial charge in [0.2, 0.25) is 0 Å². The molecule has 4 nitrogen and oxygen atoms in total. The molecule has 0 aliphatic carbocycles. The average molecular weight is 288 g/mol. The number of methoxy groups -OCH3 is 2. The Labute approximate surface area is 126 Å². The van der Waals surface area contributed by atoms with Crippen LogP contribution in [0.25, 0.3) is 10.9 Å². The number of pyridine rings is 1. The predicted molar refractivity (Wildman–Crippen MR) is 87.7 cm³/mol. The number of ether oxygens (including phenoxy) is 2. The van der Waals surface area contributed by atoms with Crippen LogP contribution in [0.4, 0.5) is 5.69 Å². The average Bonchev–Trinajstić information content (AvgIpc) is 2.50. The molecule has 1 heterocycles. The van der Waals surface area contributed by atoms with Gasteiger partial charge < -0.3 is 14.8 Å². The van der Waals surface area contributed by atoms with Crippen LogP contribution in [0.2, 0.25) is 0 Å². The van der Waals surface area contributed by atoms with Gasteiger partial charge in [-0.15, -0.1) is 0 Å². The summed E-state index contributed by atoms with van der Waals surface area (Å²) in [5, 5.41) is 4.59. The van der Waals surface area contributed by atoms with Crippen molar-refractivity contribution < 1.29 is 9.47 Å². The number of hydrogen-bond acceptors (Lipinski definition) is 4. The third-order valence-electron chi connectivity index (χ3n) is 3.69. The normalized spacial score (nSPS) is 10.7. The van der Waals surface area contributed by atoms with Gasteiger partial charge >= 0.3 is 0 Å². The van der Waals surface area contributed by atoms with E-state index >= 15 is 0 Å². The highest BCUT2D eigenvalue weighted by Gasteiger charge is 2.16.